The van der Waals surface area contributed by atoms with Gasteiger partial charge in [-0.3, -0.25) is 9.59 Å². The second kappa shape index (κ2) is 7.67. The zero-order valence-corrected chi connectivity index (χ0v) is 12.4. The average Bonchev–Trinajstić information content (AvgIpc) is 2.71. The second-order valence-electron chi connectivity index (χ2n) is 5.25. The molecular formula is C16H22N2O3. The zero-order chi connectivity index (χ0) is 15.1. The Labute approximate surface area is 125 Å². The van der Waals surface area contributed by atoms with Crippen molar-refractivity contribution in [1.82, 2.24) is 10.2 Å². The fourth-order valence-corrected chi connectivity index (χ4v) is 2.38. The summed E-state index contributed by atoms with van der Waals surface area (Å²) in [7, 11) is 1.62. The van der Waals surface area contributed by atoms with Crippen molar-refractivity contribution in [1.29, 1.82) is 0 Å². The Kier molecular flexibility index (Phi) is 5.60. The molecule has 0 atom stereocenters. The van der Waals surface area contributed by atoms with Crippen LogP contribution in [0, 0.1) is 0 Å². The van der Waals surface area contributed by atoms with E-state index in [0.717, 1.165) is 30.6 Å². The first-order chi connectivity index (χ1) is 10.2. The number of ether oxygens (including phenoxy) is 1. The molecule has 0 radical (unpaired) electrons. The van der Waals surface area contributed by atoms with E-state index >= 15 is 0 Å². The number of hydrogen-bond acceptors (Lipinski definition) is 3. The molecule has 114 valence electrons. The van der Waals surface area contributed by atoms with Crippen molar-refractivity contribution in [3.05, 3.63) is 29.8 Å². The lowest BCUT2D eigenvalue weighted by Gasteiger charge is -2.19. The van der Waals surface area contributed by atoms with Crippen LogP contribution in [0.4, 0.5) is 0 Å². The summed E-state index contributed by atoms with van der Waals surface area (Å²) in [4.78, 5) is 25.4. The minimum atomic E-state index is -0.110. The van der Waals surface area contributed by atoms with Crippen LogP contribution in [0.2, 0.25) is 0 Å². The fraction of sp³-hybridized carbons (Fsp3) is 0.500. The Morgan fingerprint density at radius 3 is 2.71 bits per heavy atom. The number of carbonyl (C=O) groups is 2. The summed E-state index contributed by atoms with van der Waals surface area (Å²) in [6, 6.07) is 7.55. The summed E-state index contributed by atoms with van der Waals surface area (Å²) in [5, 5.41) is 2.85. The molecule has 2 amide bonds. The summed E-state index contributed by atoms with van der Waals surface area (Å²) in [6.07, 6.45) is 3.54. The maximum Gasteiger partial charge on any atom is 0.239 e. The first-order valence-corrected chi connectivity index (χ1v) is 7.36. The van der Waals surface area contributed by atoms with Gasteiger partial charge in [-0.05, 0) is 30.5 Å². The van der Waals surface area contributed by atoms with E-state index < -0.39 is 0 Å². The molecular weight excluding hydrogens is 268 g/mol. The van der Waals surface area contributed by atoms with Crippen LogP contribution in [-0.4, -0.2) is 36.9 Å². The Balaban J connectivity index is 1.79. The van der Waals surface area contributed by atoms with Gasteiger partial charge >= 0.3 is 0 Å². The van der Waals surface area contributed by atoms with Gasteiger partial charge in [0.1, 0.15) is 5.75 Å². The van der Waals surface area contributed by atoms with E-state index in [4.69, 9.17) is 4.74 Å². The number of rotatable bonds is 5. The molecule has 5 heteroatoms. The number of methoxy groups -OCH3 is 1. The second-order valence-corrected chi connectivity index (χ2v) is 5.25. The van der Waals surface area contributed by atoms with Crippen LogP contribution in [0.25, 0.3) is 0 Å². The molecule has 0 aromatic heterocycles. The molecule has 1 aromatic carbocycles. The van der Waals surface area contributed by atoms with E-state index in [9.17, 15) is 9.59 Å². The van der Waals surface area contributed by atoms with Gasteiger partial charge in [-0.25, -0.2) is 0 Å². The van der Waals surface area contributed by atoms with Gasteiger partial charge in [-0.1, -0.05) is 18.6 Å². The molecule has 0 bridgehead atoms. The lowest BCUT2D eigenvalue weighted by atomic mass is 10.2. The summed E-state index contributed by atoms with van der Waals surface area (Å²) >= 11 is 0. The SMILES string of the molecule is COc1ccc(CNC(=O)CN2CCCCCC2=O)cc1. The molecule has 0 aliphatic carbocycles. The lowest BCUT2D eigenvalue weighted by molar-refractivity contribution is -0.135. The first kappa shape index (κ1) is 15.4. The van der Waals surface area contributed by atoms with Crippen molar-refractivity contribution in [2.75, 3.05) is 20.2 Å². The number of amides is 2. The third kappa shape index (κ3) is 4.77. The predicted octanol–water partition coefficient (Wildman–Crippen LogP) is 1.71. The Morgan fingerprint density at radius 1 is 1.24 bits per heavy atom. The predicted molar refractivity (Wildman–Crippen MR) is 79.9 cm³/mol. The Hall–Kier alpha value is -2.04. The highest BCUT2D eigenvalue weighted by atomic mass is 16.5. The molecule has 1 aliphatic heterocycles. The van der Waals surface area contributed by atoms with Crippen molar-refractivity contribution >= 4 is 11.8 Å². The molecule has 0 unspecified atom stereocenters. The molecule has 5 nitrogen and oxygen atoms in total. The fourth-order valence-electron chi connectivity index (χ4n) is 2.38. The lowest BCUT2D eigenvalue weighted by Crippen LogP contribution is -2.40. The molecule has 21 heavy (non-hydrogen) atoms. The van der Waals surface area contributed by atoms with E-state index in [2.05, 4.69) is 5.32 Å². The van der Waals surface area contributed by atoms with Crippen molar-refractivity contribution in [2.45, 2.75) is 32.2 Å². The number of likely N-dealkylation sites (tertiary alicyclic amines) is 1. The van der Waals surface area contributed by atoms with Crippen molar-refractivity contribution in [3.8, 4) is 5.75 Å². The normalized spacial score (nSPS) is 15.5. The van der Waals surface area contributed by atoms with Crippen molar-refractivity contribution < 1.29 is 14.3 Å². The quantitative estimate of drug-likeness (QED) is 0.898. The molecule has 2 rings (SSSR count). The van der Waals surface area contributed by atoms with Crippen LogP contribution in [0.3, 0.4) is 0 Å². The van der Waals surface area contributed by atoms with Crippen molar-refractivity contribution in [3.63, 3.8) is 0 Å². The van der Waals surface area contributed by atoms with Crippen LogP contribution in [0.15, 0.2) is 24.3 Å². The van der Waals surface area contributed by atoms with Crippen LogP contribution in [-0.2, 0) is 16.1 Å². The number of nitrogens with zero attached hydrogens (tertiary/aromatic N) is 1. The van der Waals surface area contributed by atoms with Crippen molar-refractivity contribution in [2.24, 2.45) is 0 Å². The van der Waals surface area contributed by atoms with E-state index in [1.54, 1.807) is 12.0 Å². The van der Waals surface area contributed by atoms with Crippen LogP contribution in [0.5, 0.6) is 5.75 Å². The Morgan fingerprint density at radius 2 is 2.00 bits per heavy atom. The first-order valence-electron chi connectivity index (χ1n) is 7.36. The van der Waals surface area contributed by atoms with Crippen LogP contribution < -0.4 is 10.1 Å². The maximum atomic E-state index is 11.9. The smallest absolute Gasteiger partial charge is 0.239 e. The molecule has 1 saturated heterocycles. The largest absolute Gasteiger partial charge is 0.497 e. The third-order valence-corrected chi connectivity index (χ3v) is 3.65. The highest BCUT2D eigenvalue weighted by molar-refractivity contribution is 5.84. The highest BCUT2D eigenvalue weighted by Crippen LogP contribution is 2.12. The highest BCUT2D eigenvalue weighted by Gasteiger charge is 2.18. The molecule has 0 spiro atoms. The summed E-state index contributed by atoms with van der Waals surface area (Å²) in [5.41, 5.74) is 1.01. The van der Waals surface area contributed by atoms with Gasteiger partial charge in [0.15, 0.2) is 0 Å². The van der Waals surface area contributed by atoms with Gasteiger partial charge in [0, 0.05) is 19.5 Å². The molecule has 1 fully saturated rings. The molecule has 0 saturated carbocycles. The zero-order valence-electron chi connectivity index (χ0n) is 12.4. The van der Waals surface area contributed by atoms with E-state index in [-0.39, 0.29) is 18.4 Å². The van der Waals surface area contributed by atoms with E-state index in [1.807, 2.05) is 24.3 Å². The minimum absolute atomic E-state index is 0.0899. The third-order valence-electron chi connectivity index (χ3n) is 3.65. The van der Waals surface area contributed by atoms with Gasteiger partial charge in [0.05, 0.1) is 13.7 Å². The van der Waals surface area contributed by atoms with Gasteiger partial charge in [-0.15, -0.1) is 0 Å². The Bertz CT molecular complexity index is 485. The monoisotopic (exact) mass is 290 g/mol. The van der Waals surface area contributed by atoms with E-state index in [1.165, 1.54) is 0 Å². The summed E-state index contributed by atoms with van der Waals surface area (Å²) in [5.74, 6) is 0.772. The number of benzene rings is 1. The average molecular weight is 290 g/mol. The number of carbonyl (C=O) groups excluding carboxylic acids is 2. The van der Waals surface area contributed by atoms with Crippen LogP contribution in [0.1, 0.15) is 31.2 Å². The van der Waals surface area contributed by atoms with Gasteiger partial charge in [-0.2, -0.15) is 0 Å². The van der Waals surface area contributed by atoms with Crippen LogP contribution >= 0.6 is 0 Å². The van der Waals surface area contributed by atoms with Gasteiger partial charge in [0.2, 0.25) is 11.8 Å². The summed E-state index contributed by atoms with van der Waals surface area (Å²) < 4.78 is 5.09. The molecule has 1 N–H and O–H groups in total. The summed E-state index contributed by atoms with van der Waals surface area (Å²) in [6.45, 7) is 1.31. The van der Waals surface area contributed by atoms with Gasteiger partial charge < -0.3 is 15.0 Å². The molecule has 1 aromatic rings. The molecule has 1 heterocycles. The topological polar surface area (TPSA) is 58.6 Å². The number of hydrogen-bond donors (Lipinski definition) is 1. The minimum Gasteiger partial charge on any atom is -0.497 e. The number of nitrogens with one attached hydrogen (secondary N) is 1. The maximum absolute atomic E-state index is 11.9. The van der Waals surface area contributed by atoms with Gasteiger partial charge in [0.25, 0.3) is 0 Å². The standard InChI is InChI=1S/C16H22N2O3/c1-21-14-8-6-13(7-9-14)11-17-15(19)12-18-10-4-2-3-5-16(18)20/h6-9H,2-5,10-12H2,1H3,(H,17,19). The van der Waals surface area contributed by atoms with E-state index in [0.29, 0.717) is 19.5 Å². The molecule has 1 aliphatic rings.